The van der Waals surface area contributed by atoms with Crippen LogP contribution in [0.15, 0.2) is 0 Å². The predicted molar refractivity (Wildman–Crippen MR) is 78.1 cm³/mol. The van der Waals surface area contributed by atoms with E-state index in [-0.39, 0.29) is 18.4 Å². The minimum atomic E-state index is -0.857. The maximum absolute atomic E-state index is 12.7. The van der Waals surface area contributed by atoms with Gasteiger partial charge in [-0.05, 0) is 25.2 Å². The second-order valence-corrected chi connectivity index (χ2v) is 6.58. The van der Waals surface area contributed by atoms with E-state index in [9.17, 15) is 14.4 Å². The molecule has 6 nitrogen and oxygen atoms in total. The van der Waals surface area contributed by atoms with Gasteiger partial charge in [0.15, 0.2) is 0 Å². The number of nitrogens with two attached hydrogens (primary N) is 1. The lowest BCUT2D eigenvalue weighted by atomic mass is 9.79. The van der Waals surface area contributed by atoms with E-state index in [1.807, 2.05) is 20.8 Å². The first-order valence-corrected chi connectivity index (χ1v) is 7.43. The van der Waals surface area contributed by atoms with Crippen molar-refractivity contribution < 1.29 is 19.1 Å². The fourth-order valence-corrected chi connectivity index (χ4v) is 2.64. The van der Waals surface area contributed by atoms with Gasteiger partial charge in [0, 0.05) is 13.1 Å². The van der Waals surface area contributed by atoms with Gasteiger partial charge in [-0.1, -0.05) is 20.8 Å². The molecule has 0 aromatic heterocycles. The van der Waals surface area contributed by atoms with E-state index in [0.717, 1.165) is 6.42 Å². The van der Waals surface area contributed by atoms with Crippen molar-refractivity contribution in [3.05, 3.63) is 0 Å². The van der Waals surface area contributed by atoms with E-state index in [4.69, 9.17) is 10.5 Å². The van der Waals surface area contributed by atoms with Gasteiger partial charge < -0.3 is 15.4 Å². The van der Waals surface area contributed by atoms with E-state index in [0.29, 0.717) is 19.5 Å². The Balaban J connectivity index is 2.90. The monoisotopic (exact) mass is 298 g/mol. The summed E-state index contributed by atoms with van der Waals surface area (Å²) >= 11 is 0. The zero-order chi connectivity index (χ0) is 16.2. The van der Waals surface area contributed by atoms with Gasteiger partial charge in [-0.2, -0.15) is 0 Å². The first-order chi connectivity index (χ1) is 9.68. The number of piperidine rings is 1. The van der Waals surface area contributed by atoms with Crippen LogP contribution in [0, 0.1) is 17.3 Å². The number of hydrogen-bond acceptors (Lipinski definition) is 4. The number of esters is 1. The van der Waals surface area contributed by atoms with Crippen LogP contribution in [0.5, 0.6) is 0 Å². The van der Waals surface area contributed by atoms with Gasteiger partial charge in [0.05, 0.1) is 12.5 Å². The minimum absolute atomic E-state index is 0.239. The lowest BCUT2D eigenvalue weighted by molar-refractivity contribution is -0.161. The number of rotatable bonds is 4. The highest BCUT2D eigenvalue weighted by atomic mass is 16.5. The minimum Gasteiger partial charge on any atom is -0.465 e. The number of ether oxygens (including phenoxy) is 1. The molecule has 2 N–H and O–H groups in total. The molecule has 0 aromatic carbocycles. The standard InChI is InChI=1S/C15H26N2O4/c1-5-21-14(20)11(15(2,3)4)13(19)17-8-6-7-10(9-17)12(16)18/h10-11H,5-9H2,1-4H3,(H2,16,18). The summed E-state index contributed by atoms with van der Waals surface area (Å²) in [6.07, 6.45) is 1.41. The molecule has 21 heavy (non-hydrogen) atoms. The summed E-state index contributed by atoms with van der Waals surface area (Å²) in [5.41, 5.74) is 4.79. The highest BCUT2D eigenvalue weighted by molar-refractivity contribution is 5.98. The zero-order valence-corrected chi connectivity index (χ0v) is 13.3. The SMILES string of the molecule is CCOC(=O)C(C(=O)N1CCCC(C(N)=O)C1)C(C)(C)C. The number of carbonyl (C=O) groups excluding carboxylic acids is 3. The van der Waals surface area contributed by atoms with E-state index >= 15 is 0 Å². The molecule has 0 spiro atoms. The third-order valence-electron chi connectivity index (χ3n) is 3.77. The van der Waals surface area contributed by atoms with Crippen molar-refractivity contribution in [2.45, 2.75) is 40.5 Å². The number of hydrogen-bond donors (Lipinski definition) is 1. The highest BCUT2D eigenvalue weighted by Crippen LogP contribution is 2.30. The summed E-state index contributed by atoms with van der Waals surface area (Å²) in [7, 11) is 0. The maximum atomic E-state index is 12.7. The Kier molecular flexibility index (Phi) is 5.75. The quantitative estimate of drug-likeness (QED) is 0.617. The van der Waals surface area contributed by atoms with Gasteiger partial charge in [-0.3, -0.25) is 14.4 Å². The van der Waals surface area contributed by atoms with E-state index in [2.05, 4.69) is 0 Å². The molecule has 1 fully saturated rings. The molecule has 2 unspecified atom stereocenters. The van der Waals surface area contributed by atoms with Crippen molar-refractivity contribution in [3.8, 4) is 0 Å². The van der Waals surface area contributed by atoms with Crippen LogP contribution in [0.25, 0.3) is 0 Å². The van der Waals surface area contributed by atoms with Crippen molar-refractivity contribution in [3.63, 3.8) is 0 Å². The Morgan fingerprint density at radius 3 is 2.43 bits per heavy atom. The Morgan fingerprint density at radius 1 is 1.33 bits per heavy atom. The smallest absolute Gasteiger partial charge is 0.319 e. The molecule has 1 aliphatic rings. The topological polar surface area (TPSA) is 89.7 Å². The van der Waals surface area contributed by atoms with Crippen LogP contribution in [0.2, 0.25) is 0 Å². The Morgan fingerprint density at radius 2 is 1.95 bits per heavy atom. The number of amides is 2. The first-order valence-electron chi connectivity index (χ1n) is 7.43. The predicted octanol–water partition coefficient (Wildman–Crippen LogP) is 0.936. The molecule has 120 valence electrons. The molecule has 2 amide bonds. The number of likely N-dealkylation sites (tertiary alicyclic amines) is 1. The van der Waals surface area contributed by atoms with Crippen molar-refractivity contribution in [1.29, 1.82) is 0 Å². The van der Waals surface area contributed by atoms with Crippen LogP contribution in [0.3, 0.4) is 0 Å². The molecule has 1 rings (SSSR count). The average Bonchev–Trinajstić information content (AvgIpc) is 2.37. The van der Waals surface area contributed by atoms with Crippen LogP contribution in [0.4, 0.5) is 0 Å². The third kappa shape index (κ3) is 4.44. The second-order valence-electron chi connectivity index (χ2n) is 6.58. The molecule has 0 aliphatic carbocycles. The molecule has 1 heterocycles. The molecule has 0 aromatic rings. The third-order valence-corrected chi connectivity index (χ3v) is 3.77. The Hall–Kier alpha value is -1.59. The summed E-state index contributed by atoms with van der Waals surface area (Å²) in [5.74, 6) is -2.35. The molecule has 0 radical (unpaired) electrons. The van der Waals surface area contributed by atoms with Gasteiger partial charge >= 0.3 is 5.97 Å². The lowest BCUT2D eigenvalue weighted by Crippen LogP contribution is -2.50. The summed E-state index contributed by atoms with van der Waals surface area (Å²) in [4.78, 5) is 37.7. The molecule has 0 saturated carbocycles. The summed E-state index contributed by atoms with van der Waals surface area (Å²) in [6.45, 7) is 8.30. The number of carbonyl (C=O) groups is 3. The zero-order valence-electron chi connectivity index (χ0n) is 13.3. The Labute approximate surface area is 126 Å². The summed E-state index contributed by atoms with van der Waals surface area (Å²) in [5, 5.41) is 0. The maximum Gasteiger partial charge on any atom is 0.319 e. The first kappa shape index (κ1) is 17.5. The fraction of sp³-hybridized carbons (Fsp3) is 0.800. The van der Waals surface area contributed by atoms with E-state index in [1.165, 1.54) is 0 Å². The van der Waals surface area contributed by atoms with Crippen molar-refractivity contribution >= 4 is 17.8 Å². The van der Waals surface area contributed by atoms with Crippen molar-refractivity contribution in [2.24, 2.45) is 23.0 Å². The Bertz CT molecular complexity index is 414. The molecule has 1 saturated heterocycles. The van der Waals surface area contributed by atoms with Crippen molar-refractivity contribution in [1.82, 2.24) is 4.90 Å². The lowest BCUT2D eigenvalue weighted by Gasteiger charge is -2.36. The molecule has 0 bridgehead atoms. The van der Waals surface area contributed by atoms with E-state index < -0.39 is 23.2 Å². The molecule has 2 atom stereocenters. The largest absolute Gasteiger partial charge is 0.465 e. The van der Waals surface area contributed by atoms with Gasteiger partial charge in [0.25, 0.3) is 0 Å². The summed E-state index contributed by atoms with van der Waals surface area (Å²) < 4.78 is 5.04. The van der Waals surface area contributed by atoms with Gasteiger partial charge in [-0.15, -0.1) is 0 Å². The van der Waals surface area contributed by atoms with Gasteiger partial charge in [0.2, 0.25) is 11.8 Å². The second kappa shape index (κ2) is 6.91. The molecular weight excluding hydrogens is 272 g/mol. The van der Waals surface area contributed by atoms with Crippen LogP contribution < -0.4 is 5.73 Å². The molecular formula is C15H26N2O4. The average molecular weight is 298 g/mol. The number of nitrogens with zero attached hydrogens (tertiary/aromatic N) is 1. The van der Waals surface area contributed by atoms with Gasteiger partial charge in [-0.25, -0.2) is 0 Å². The van der Waals surface area contributed by atoms with Crippen LogP contribution in [-0.2, 0) is 19.1 Å². The normalized spacial score (nSPS) is 20.8. The van der Waals surface area contributed by atoms with Crippen molar-refractivity contribution in [2.75, 3.05) is 19.7 Å². The van der Waals surface area contributed by atoms with Crippen LogP contribution in [-0.4, -0.2) is 42.4 Å². The van der Waals surface area contributed by atoms with E-state index in [1.54, 1.807) is 11.8 Å². The summed E-state index contributed by atoms with van der Waals surface area (Å²) in [6, 6.07) is 0. The fourth-order valence-electron chi connectivity index (χ4n) is 2.64. The van der Waals surface area contributed by atoms with Crippen LogP contribution >= 0.6 is 0 Å². The van der Waals surface area contributed by atoms with Crippen LogP contribution in [0.1, 0.15) is 40.5 Å². The number of primary amides is 1. The highest BCUT2D eigenvalue weighted by Gasteiger charge is 2.42. The molecule has 1 aliphatic heterocycles. The van der Waals surface area contributed by atoms with Gasteiger partial charge in [0.1, 0.15) is 5.92 Å². The molecule has 6 heteroatoms.